The van der Waals surface area contributed by atoms with Gasteiger partial charge in [-0.1, -0.05) is 64.3 Å². The standard InChI is InChI=1S/C23H18BrCl2F7OS/c1-12(10-35-11-22(28,29)30)6-20(34)15-4-2-13(7-17(15)24)3-5-16(23(31,32)33)14-8-18(25)21(27)19(26)9-14/h2-5,7-9,12,16H,6,10-11H2,1H3/b5-3+/t12-,16?/m0/s1. The van der Waals surface area contributed by atoms with Crippen LogP contribution in [0.3, 0.4) is 0 Å². The van der Waals surface area contributed by atoms with Crippen molar-refractivity contribution >= 4 is 62.8 Å². The number of thioether (sulfide) groups is 1. The third kappa shape index (κ3) is 9.30. The van der Waals surface area contributed by atoms with E-state index in [-0.39, 0.29) is 35.0 Å². The average molecular weight is 626 g/mol. The van der Waals surface area contributed by atoms with E-state index in [1.807, 2.05) is 0 Å². The minimum absolute atomic E-state index is 0.0148. The minimum Gasteiger partial charge on any atom is -0.294 e. The number of hydrogen-bond acceptors (Lipinski definition) is 2. The number of benzene rings is 2. The van der Waals surface area contributed by atoms with Gasteiger partial charge in [-0.25, -0.2) is 4.39 Å². The highest BCUT2D eigenvalue weighted by molar-refractivity contribution is 9.10. The molecule has 1 nitrogen and oxygen atoms in total. The summed E-state index contributed by atoms with van der Waals surface area (Å²) in [5, 5.41) is -1.07. The summed E-state index contributed by atoms with van der Waals surface area (Å²) in [6.45, 7) is 1.66. The summed E-state index contributed by atoms with van der Waals surface area (Å²) in [5.41, 5.74) is 0.267. The fourth-order valence-corrected chi connectivity index (χ4v) is 5.08. The molecule has 0 aliphatic carbocycles. The molecule has 0 spiro atoms. The molecule has 2 aromatic rings. The zero-order chi connectivity index (χ0) is 26.6. The first-order valence-corrected chi connectivity index (χ1v) is 12.7. The van der Waals surface area contributed by atoms with Crippen molar-refractivity contribution in [2.24, 2.45) is 5.92 Å². The summed E-state index contributed by atoms with van der Waals surface area (Å²) in [5.74, 6) is -4.59. The Hall–Kier alpha value is -1.23. The Morgan fingerprint density at radius 2 is 1.69 bits per heavy atom. The lowest BCUT2D eigenvalue weighted by molar-refractivity contribution is -0.139. The maximum atomic E-state index is 13.6. The van der Waals surface area contributed by atoms with Crippen LogP contribution >= 0.6 is 50.9 Å². The third-order valence-electron chi connectivity index (χ3n) is 4.69. The monoisotopic (exact) mass is 624 g/mol. The van der Waals surface area contributed by atoms with Gasteiger partial charge < -0.3 is 0 Å². The van der Waals surface area contributed by atoms with E-state index in [0.29, 0.717) is 21.8 Å². The Labute approximate surface area is 220 Å². The van der Waals surface area contributed by atoms with Gasteiger partial charge in [0.05, 0.1) is 21.7 Å². The topological polar surface area (TPSA) is 17.1 Å². The van der Waals surface area contributed by atoms with E-state index >= 15 is 0 Å². The van der Waals surface area contributed by atoms with Crippen molar-refractivity contribution in [1.29, 1.82) is 0 Å². The first-order chi connectivity index (χ1) is 16.1. The van der Waals surface area contributed by atoms with E-state index in [2.05, 4.69) is 15.9 Å². The lowest BCUT2D eigenvalue weighted by Gasteiger charge is -2.18. The van der Waals surface area contributed by atoms with E-state index in [0.717, 1.165) is 18.2 Å². The molecule has 0 bridgehead atoms. The lowest BCUT2D eigenvalue weighted by atomic mass is 9.96. The smallest absolute Gasteiger partial charge is 0.294 e. The molecule has 2 rings (SSSR count). The van der Waals surface area contributed by atoms with Crippen LogP contribution in [0.25, 0.3) is 6.08 Å². The number of halogens is 10. The van der Waals surface area contributed by atoms with Gasteiger partial charge in [0.15, 0.2) is 11.6 Å². The second-order valence-electron chi connectivity index (χ2n) is 7.78. The molecule has 12 heteroatoms. The molecule has 0 N–H and O–H groups in total. The molecule has 35 heavy (non-hydrogen) atoms. The highest BCUT2D eigenvalue weighted by atomic mass is 79.9. The fourth-order valence-electron chi connectivity index (χ4n) is 3.09. The van der Waals surface area contributed by atoms with Gasteiger partial charge in [0.2, 0.25) is 0 Å². The largest absolute Gasteiger partial charge is 0.399 e. The number of Topliss-reactive ketones (excluding diaryl/α,β-unsaturated/α-hetero) is 1. The van der Waals surface area contributed by atoms with Gasteiger partial charge in [-0.3, -0.25) is 4.79 Å². The van der Waals surface area contributed by atoms with Crippen LogP contribution in [-0.2, 0) is 0 Å². The molecule has 0 fully saturated rings. The van der Waals surface area contributed by atoms with Crippen LogP contribution in [0, 0.1) is 11.7 Å². The SMILES string of the molecule is C[C@H](CSCC(F)(F)F)CC(=O)c1ccc(/C=C/C(c2cc(Cl)c(F)c(Cl)c2)C(F)(F)F)cc1Br. The maximum absolute atomic E-state index is 13.6. The van der Waals surface area contributed by atoms with Crippen LogP contribution in [0.5, 0.6) is 0 Å². The lowest BCUT2D eigenvalue weighted by Crippen LogP contribution is -2.19. The molecule has 0 aromatic heterocycles. The fraction of sp³-hybridized carbons (Fsp3) is 0.348. The summed E-state index contributed by atoms with van der Waals surface area (Å²) >= 11 is 15.2. The Morgan fingerprint density at radius 1 is 1.09 bits per heavy atom. The summed E-state index contributed by atoms with van der Waals surface area (Å²) in [4.78, 5) is 12.5. The number of alkyl halides is 6. The molecule has 0 heterocycles. The second-order valence-corrected chi connectivity index (χ2v) is 10.5. The number of allylic oxidation sites excluding steroid dienone is 1. The molecule has 2 aromatic carbocycles. The van der Waals surface area contributed by atoms with E-state index in [1.165, 1.54) is 24.3 Å². The van der Waals surface area contributed by atoms with Gasteiger partial charge in [-0.05, 0) is 47.1 Å². The predicted octanol–water partition coefficient (Wildman–Crippen LogP) is 9.76. The van der Waals surface area contributed by atoms with E-state index in [4.69, 9.17) is 23.2 Å². The second kappa shape index (κ2) is 12.3. The first kappa shape index (κ1) is 30.0. The summed E-state index contributed by atoms with van der Waals surface area (Å²) < 4.78 is 91.7. The molecule has 0 saturated heterocycles. The normalized spacial score (nSPS) is 14.4. The Kier molecular flexibility index (Phi) is 10.6. The zero-order valence-electron chi connectivity index (χ0n) is 17.9. The van der Waals surface area contributed by atoms with Crippen LogP contribution in [0.4, 0.5) is 30.7 Å². The van der Waals surface area contributed by atoms with Crippen LogP contribution in [0.15, 0.2) is 40.9 Å². The molecular weight excluding hydrogens is 608 g/mol. The highest BCUT2D eigenvalue weighted by Crippen LogP contribution is 2.39. The van der Waals surface area contributed by atoms with Gasteiger partial charge in [-0.15, -0.1) is 0 Å². The van der Waals surface area contributed by atoms with Crippen molar-refractivity contribution in [2.45, 2.75) is 31.6 Å². The van der Waals surface area contributed by atoms with Gasteiger partial charge in [-0.2, -0.15) is 38.1 Å². The third-order valence-corrected chi connectivity index (χ3v) is 7.24. The van der Waals surface area contributed by atoms with Crippen molar-refractivity contribution in [1.82, 2.24) is 0 Å². The van der Waals surface area contributed by atoms with Crippen molar-refractivity contribution in [3.63, 3.8) is 0 Å². The Bertz CT molecular complexity index is 1060. The molecule has 0 aliphatic rings. The van der Waals surface area contributed by atoms with Gasteiger partial charge in [0.1, 0.15) is 0 Å². The molecule has 1 unspecified atom stereocenters. The molecular formula is C23H18BrCl2F7OS. The Balaban J connectivity index is 2.16. The average Bonchev–Trinajstić information content (AvgIpc) is 2.70. The quantitative estimate of drug-likeness (QED) is 0.157. The Morgan fingerprint density at radius 3 is 2.20 bits per heavy atom. The minimum atomic E-state index is -4.71. The molecule has 0 radical (unpaired) electrons. The van der Waals surface area contributed by atoms with Crippen LogP contribution in [0.1, 0.15) is 40.7 Å². The number of carbonyl (C=O) groups excluding carboxylic acids is 1. The van der Waals surface area contributed by atoms with E-state index in [9.17, 15) is 35.5 Å². The first-order valence-electron chi connectivity index (χ1n) is 9.95. The highest BCUT2D eigenvalue weighted by Gasteiger charge is 2.39. The van der Waals surface area contributed by atoms with Crippen molar-refractivity contribution in [3.05, 3.63) is 73.4 Å². The number of hydrogen-bond donors (Lipinski definition) is 0. The molecule has 0 aliphatic heterocycles. The van der Waals surface area contributed by atoms with Crippen molar-refractivity contribution in [2.75, 3.05) is 11.5 Å². The molecule has 0 saturated carbocycles. The van der Waals surface area contributed by atoms with E-state index < -0.39 is 39.9 Å². The van der Waals surface area contributed by atoms with Gasteiger partial charge in [0, 0.05) is 16.5 Å². The molecule has 2 atom stereocenters. The molecule has 0 amide bonds. The molecule has 192 valence electrons. The number of ketones is 1. The number of rotatable bonds is 9. The van der Waals surface area contributed by atoms with Gasteiger partial charge >= 0.3 is 12.4 Å². The maximum Gasteiger partial charge on any atom is 0.399 e. The van der Waals surface area contributed by atoms with Crippen molar-refractivity contribution in [3.8, 4) is 0 Å². The predicted molar refractivity (Wildman–Crippen MR) is 130 cm³/mol. The van der Waals surface area contributed by atoms with Crippen LogP contribution in [0.2, 0.25) is 10.0 Å². The van der Waals surface area contributed by atoms with Crippen LogP contribution < -0.4 is 0 Å². The zero-order valence-corrected chi connectivity index (χ0v) is 21.8. The summed E-state index contributed by atoms with van der Waals surface area (Å²) in [6.07, 6.45) is -6.92. The van der Waals surface area contributed by atoms with Crippen LogP contribution in [-0.4, -0.2) is 29.6 Å². The van der Waals surface area contributed by atoms with Gasteiger partial charge in [0.25, 0.3) is 0 Å². The summed E-state index contributed by atoms with van der Waals surface area (Å²) in [7, 11) is 0. The number of carbonyl (C=O) groups is 1. The van der Waals surface area contributed by atoms with Crippen molar-refractivity contribution < 1.29 is 35.5 Å². The van der Waals surface area contributed by atoms with E-state index in [1.54, 1.807) is 6.92 Å². The summed E-state index contributed by atoms with van der Waals surface area (Å²) in [6, 6.07) is 6.03.